The van der Waals surface area contributed by atoms with Crippen LogP contribution >= 0.6 is 0 Å². The average molecular weight is 238 g/mol. The van der Waals surface area contributed by atoms with E-state index < -0.39 is 5.41 Å². The summed E-state index contributed by atoms with van der Waals surface area (Å²) in [7, 11) is 0. The van der Waals surface area contributed by atoms with Gasteiger partial charge in [0, 0.05) is 19.0 Å². The van der Waals surface area contributed by atoms with Gasteiger partial charge in [0.25, 0.3) is 0 Å². The van der Waals surface area contributed by atoms with E-state index in [0.717, 1.165) is 25.7 Å². The standard InChI is InChI=1S/C13H22N2O2/c1-3-13(4-2)7-11(16)15(12(13)17)8-10(14)9-5-6-9/h9-10H,3-8,14H2,1-2H3. The van der Waals surface area contributed by atoms with Crippen LogP contribution < -0.4 is 5.73 Å². The molecule has 1 saturated carbocycles. The molecule has 0 aromatic rings. The van der Waals surface area contributed by atoms with Gasteiger partial charge in [-0.05, 0) is 31.6 Å². The number of amides is 2. The number of nitrogens with two attached hydrogens (primary N) is 1. The largest absolute Gasteiger partial charge is 0.326 e. The van der Waals surface area contributed by atoms with Gasteiger partial charge in [0.1, 0.15) is 0 Å². The molecule has 0 spiro atoms. The van der Waals surface area contributed by atoms with Crippen molar-refractivity contribution in [3.8, 4) is 0 Å². The van der Waals surface area contributed by atoms with Crippen LogP contribution in [0.5, 0.6) is 0 Å². The maximum atomic E-state index is 12.3. The fraction of sp³-hybridized carbons (Fsp3) is 0.846. The first-order valence-corrected chi connectivity index (χ1v) is 6.64. The summed E-state index contributed by atoms with van der Waals surface area (Å²) in [5.74, 6) is 0.493. The molecule has 0 radical (unpaired) electrons. The van der Waals surface area contributed by atoms with Crippen molar-refractivity contribution in [1.29, 1.82) is 0 Å². The zero-order valence-corrected chi connectivity index (χ0v) is 10.7. The van der Waals surface area contributed by atoms with E-state index in [0.29, 0.717) is 18.9 Å². The van der Waals surface area contributed by atoms with Crippen LogP contribution in [0.1, 0.15) is 46.0 Å². The Balaban J connectivity index is 2.07. The van der Waals surface area contributed by atoms with Crippen molar-refractivity contribution in [2.24, 2.45) is 17.1 Å². The molecule has 17 heavy (non-hydrogen) atoms. The van der Waals surface area contributed by atoms with E-state index >= 15 is 0 Å². The Labute approximate surface area is 103 Å². The van der Waals surface area contributed by atoms with Gasteiger partial charge < -0.3 is 5.73 Å². The topological polar surface area (TPSA) is 63.4 Å². The van der Waals surface area contributed by atoms with Gasteiger partial charge in [-0.25, -0.2) is 0 Å². The lowest BCUT2D eigenvalue weighted by Crippen LogP contribution is -2.43. The Bertz CT molecular complexity index is 332. The molecule has 1 atom stereocenters. The molecule has 4 nitrogen and oxygen atoms in total. The van der Waals surface area contributed by atoms with Crippen molar-refractivity contribution in [2.45, 2.75) is 52.0 Å². The van der Waals surface area contributed by atoms with Crippen LogP contribution in [-0.4, -0.2) is 29.3 Å². The highest BCUT2D eigenvalue weighted by atomic mass is 16.2. The van der Waals surface area contributed by atoms with Crippen LogP contribution in [0, 0.1) is 11.3 Å². The Morgan fingerprint density at radius 1 is 1.35 bits per heavy atom. The molecule has 1 aliphatic heterocycles. The first kappa shape index (κ1) is 12.6. The first-order valence-electron chi connectivity index (χ1n) is 6.64. The molecule has 2 fully saturated rings. The van der Waals surface area contributed by atoms with Gasteiger partial charge in [0.15, 0.2) is 0 Å². The van der Waals surface area contributed by atoms with E-state index in [1.807, 2.05) is 13.8 Å². The average Bonchev–Trinajstić information content (AvgIpc) is 3.12. The maximum Gasteiger partial charge on any atom is 0.235 e. The van der Waals surface area contributed by atoms with E-state index in [1.54, 1.807) is 0 Å². The molecule has 0 bridgehead atoms. The Hall–Kier alpha value is -0.900. The number of imide groups is 1. The molecule has 0 aromatic heterocycles. The number of carbonyl (C=O) groups is 2. The zero-order chi connectivity index (χ0) is 12.6. The number of rotatable bonds is 5. The summed E-state index contributed by atoms with van der Waals surface area (Å²) in [6.07, 6.45) is 4.14. The predicted octanol–water partition coefficient (Wildman–Crippen LogP) is 1.29. The molecule has 1 saturated heterocycles. The Morgan fingerprint density at radius 3 is 2.35 bits per heavy atom. The van der Waals surface area contributed by atoms with Crippen LogP contribution in [-0.2, 0) is 9.59 Å². The quantitative estimate of drug-likeness (QED) is 0.734. The molecule has 1 aliphatic carbocycles. The second-order valence-electron chi connectivity index (χ2n) is 5.47. The second-order valence-corrected chi connectivity index (χ2v) is 5.47. The minimum Gasteiger partial charge on any atom is -0.326 e. The van der Waals surface area contributed by atoms with Crippen molar-refractivity contribution >= 4 is 11.8 Å². The normalized spacial score (nSPS) is 25.5. The van der Waals surface area contributed by atoms with Crippen molar-refractivity contribution < 1.29 is 9.59 Å². The van der Waals surface area contributed by atoms with Crippen molar-refractivity contribution in [3.05, 3.63) is 0 Å². The Kier molecular flexibility index (Phi) is 3.25. The first-order chi connectivity index (χ1) is 8.04. The van der Waals surface area contributed by atoms with E-state index in [1.165, 1.54) is 4.90 Å². The van der Waals surface area contributed by atoms with Crippen molar-refractivity contribution in [3.63, 3.8) is 0 Å². The highest BCUT2D eigenvalue weighted by Gasteiger charge is 2.49. The molecule has 2 aliphatic rings. The molecule has 0 aromatic carbocycles. The molecule has 2 amide bonds. The summed E-state index contributed by atoms with van der Waals surface area (Å²) >= 11 is 0. The monoisotopic (exact) mass is 238 g/mol. The molecular formula is C13H22N2O2. The minimum absolute atomic E-state index is 0.00333. The summed E-state index contributed by atoms with van der Waals surface area (Å²) < 4.78 is 0. The van der Waals surface area contributed by atoms with Gasteiger partial charge in [0.2, 0.25) is 11.8 Å². The third-order valence-corrected chi connectivity index (χ3v) is 4.46. The third-order valence-electron chi connectivity index (χ3n) is 4.46. The maximum absolute atomic E-state index is 12.3. The second kappa shape index (κ2) is 4.41. The summed E-state index contributed by atoms with van der Waals surface area (Å²) in [5.41, 5.74) is 5.56. The summed E-state index contributed by atoms with van der Waals surface area (Å²) in [5, 5.41) is 0. The van der Waals surface area contributed by atoms with Crippen molar-refractivity contribution in [1.82, 2.24) is 4.90 Å². The summed E-state index contributed by atoms with van der Waals surface area (Å²) in [6.45, 7) is 4.39. The highest BCUT2D eigenvalue weighted by molar-refractivity contribution is 6.05. The fourth-order valence-corrected chi connectivity index (χ4v) is 2.73. The molecule has 2 N–H and O–H groups in total. The fourth-order valence-electron chi connectivity index (χ4n) is 2.73. The lowest BCUT2D eigenvalue weighted by molar-refractivity contribution is -0.142. The lowest BCUT2D eigenvalue weighted by atomic mass is 9.81. The molecule has 1 unspecified atom stereocenters. The van der Waals surface area contributed by atoms with Crippen LogP contribution in [0.15, 0.2) is 0 Å². The Morgan fingerprint density at radius 2 is 1.94 bits per heavy atom. The third kappa shape index (κ3) is 2.10. The SMILES string of the molecule is CCC1(CC)CC(=O)N(CC(N)C2CC2)C1=O. The van der Waals surface area contributed by atoms with Crippen molar-refractivity contribution in [2.75, 3.05) is 6.54 Å². The van der Waals surface area contributed by atoms with E-state index in [2.05, 4.69) is 0 Å². The number of carbonyl (C=O) groups excluding carboxylic acids is 2. The number of hydrogen-bond donors (Lipinski definition) is 1. The summed E-state index contributed by atoms with van der Waals surface area (Å²) in [4.78, 5) is 25.7. The van der Waals surface area contributed by atoms with E-state index in [-0.39, 0.29) is 17.9 Å². The number of hydrogen-bond acceptors (Lipinski definition) is 3. The predicted molar refractivity (Wildman–Crippen MR) is 65.1 cm³/mol. The molecular weight excluding hydrogens is 216 g/mol. The smallest absolute Gasteiger partial charge is 0.235 e. The molecule has 1 heterocycles. The molecule has 96 valence electrons. The van der Waals surface area contributed by atoms with E-state index in [9.17, 15) is 9.59 Å². The number of likely N-dealkylation sites (tertiary alicyclic amines) is 1. The van der Waals surface area contributed by atoms with Gasteiger partial charge in [-0.3, -0.25) is 14.5 Å². The van der Waals surface area contributed by atoms with Gasteiger partial charge in [-0.1, -0.05) is 13.8 Å². The summed E-state index contributed by atoms with van der Waals surface area (Å²) in [6, 6.07) is -0.0209. The van der Waals surface area contributed by atoms with Crippen LogP contribution in [0.4, 0.5) is 0 Å². The lowest BCUT2D eigenvalue weighted by Gasteiger charge is -2.25. The van der Waals surface area contributed by atoms with Gasteiger partial charge >= 0.3 is 0 Å². The highest BCUT2D eigenvalue weighted by Crippen LogP contribution is 2.40. The van der Waals surface area contributed by atoms with Gasteiger partial charge in [0.05, 0.1) is 5.41 Å². The molecule has 2 rings (SSSR count). The molecule has 4 heteroatoms. The van der Waals surface area contributed by atoms with Crippen LogP contribution in [0.2, 0.25) is 0 Å². The number of nitrogens with zero attached hydrogens (tertiary/aromatic N) is 1. The van der Waals surface area contributed by atoms with Gasteiger partial charge in [-0.2, -0.15) is 0 Å². The zero-order valence-electron chi connectivity index (χ0n) is 10.7. The minimum atomic E-state index is -0.444. The van der Waals surface area contributed by atoms with Crippen LogP contribution in [0.25, 0.3) is 0 Å². The van der Waals surface area contributed by atoms with E-state index in [4.69, 9.17) is 5.73 Å². The van der Waals surface area contributed by atoms with Crippen LogP contribution in [0.3, 0.4) is 0 Å². The van der Waals surface area contributed by atoms with Gasteiger partial charge in [-0.15, -0.1) is 0 Å².